The second-order valence-corrected chi connectivity index (χ2v) is 9.78. The monoisotopic (exact) mass is 522 g/mol. The highest BCUT2D eigenvalue weighted by molar-refractivity contribution is 5.74. The van der Waals surface area contributed by atoms with Gasteiger partial charge in [0.25, 0.3) is 5.89 Å². The summed E-state index contributed by atoms with van der Waals surface area (Å²) in [4.78, 5) is 15.8. The molecule has 0 amide bonds. The number of nitrogens with zero attached hydrogens (tertiary/aromatic N) is 2. The summed E-state index contributed by atoms with van der Waals surface area (Å²) in [5.74, 6) is -0.858. The molecule has 0 aliphatic heterocycles. The fourth-order valence-electron chi connectivity index (χ4n) is 4.61. The van der Waals surface area contributed by atoms with Crippen molar-refractivity contribution in [2.45, 2.75) is 46.2 Å². The number of carboxylic acids is 1. The van der Waals surface area contributed by atoms with Gasteiger partial charge in [-0.1, -0.05) is 67.5 Å². The van der Waals surface area contributed by atoms with Crippen LogP contribution in [-0.4, -0.2) is 21.2 Å². The van der Waals surface area contributed by atoms with E-state index in [4.69, 9.17) is 4.52 Å². The summed E-state index contributed by atoms with van der Waals surface area (Å²) < 4.78 is 47.4. The first kappa shape index (κ1) is 27.1. The standard InChI is InChI=1S/C30H29F3N2O3/c1-18(2)23(29(36)37)13-7-10-20-9-6-11-21(16-20)27-34-28(38-35-27)22-14-15-25(26(17-22)30(31,32)33)24-12-5-4-8-19(24)3/h4-6,8-9,11-12,14-18,23H,7,10,13H2,1-3H3,(H,36,37)/t23-/m0/s1. The molecule has 0 aliphatic carbocycles. The largest absolute Gasteiger partial charge is 0.481 e. The molecular formula is C30H29F3N2O3. The number of aryl methyl sites for hydroxylation is 2. The van der Waals surface area contributed by atoms with Gasteiger partial charge in [0.1, 0.15) is 0 Å². The lowest BCUT2D eigenvalue weighted by atomic mass is 9.90. The number of rotatable bonds is 9. The van der Waals surface area contributed by atoms with E-state index in [0.717, 1.165) is 17.2 Å². The SMILES string of the molecule is Cc1ccccc1-c1ccc(-c2nc(-c3cccc(CCC[C@H](C(=O)O)C(C)C)c3)no2)cc1C(F)(F)F. The minimum atomic E-state index is -4.57. The van der Waals surface area contributed by atoms with Gasteiger partial charge < -0.3 is 9.63 Å². The van der Waals surface area contributed by atoms with Gasteiger partial charge >= 0.3 is 12.1 Å². The van der Waals surface area contributed by atoms with E-state index in [1.165, 1.54) is 6.07 Å². The van der Waals surface area contributed by atoms with Crippen LogP contribution in [0.25, 0.3) is 34.0 Å². The Balaban J connectivity index is 1.57. The van der Waals surface area contributed by atoms with E-state index < -0.39 is 23.6 Å². The fraction of sp³-hybridized carbons (Fsp3) is 0.300. The van der Waals surface area contributed by atoms with Crippen LogP contribution in [-0.2, 0) is 17.4 Å². The maximum absolute atomic E-state index is 14.0. The summed E-state index contributed by atoms with van der Waals surface area (Å²) >= 11 is 0. The second kappa shape index (κ2) is 11.2. The van der Waals surface area contributed by atoms with Crippen molar-refractivity contribution >= 4 is 5.97 Å². The van der Waals surface area contributed by atoms with Crippen LogP contribution >= 0.6 is 0 Å². The van der Waals surface area contributed by atoms with Crippen molar-refractivity contribution in [1.29, 1.82) is 0 Å². The number of aliphatic carboxylic acids is 1. The van der Waals surface area contributed by atoms with Crippen molar-refractivity contribution in [3.63, 3.8) is 0 Å². The third-order valence-corrected chi connectivity index (χ3v) is 6.72. The van der Waals surface area contributed by atoms with E-state index >= 15 is 0 Å². The minimum absolute atomic E-state index is 0.00605. The highest BCUT2D eigenvalue weighted by atomic mass is 19.4. The topological polar surface area (TPSA) is 76.2 Å². The first-order chi connectivity index (χ1) is 18.0. The summed E-state index contributed by atoms with van der Waals surface area (Å²) in [5, 5.41) is 13.4. The number of aromatic nitrogens is 2. The molecule has 0 spiro atoms. The summed E-state index contributed by atoms with van der Waals surface area (Å²) in [7, 11) is 0. The minimum Gasteiger partial charge on any atom is -0.481 e. The van der Waals surface area contributed by atoms with Gasteiger partial charge in [0.05, 0.1) is 11.5 Å². The van der Waals surface area contributed by atoms with Crippen molar-refractivity contribution in [3.8, 4) is 34.0 Å². The first-order valence-corrected chi connectivity index (χ1v) is 12.5. The molecule has 1 N–H and O–H groups in total. The molecule has 0 saturated heterocycles. The third-order valence-electron chi connectivity index (χ3n) is 6.72. The molecule has 3 aromatic carbocycles. The van der Waals surface area contributed by atoms with Crippen LogP contribution in [0.15, 0.2) is 71.3 Å². The normalized spacial score (nSPS) is 12.6. The maximum atomic E-state index is 14.0. The van der Waals surface area contributed by atoms with Crippen LogP contribution in [0.5, 0.6) is 0 Å². The van der Waals surface area contributed by atoms with E-state index in [0.29, 0.717) is 30.4 Å². The smallest absolute Gasteiger partial charge is 0.417 e. The van der Waals surface area contributed by atoms with Crippen molar-refractivity contribution in [2.24, 2.45) is 11.8 Å². The van der Waals surface area contributed by atoms with Gasteiger partial charge in [-0.15, -0.1) is 0 Å². The maximum Gasteiger partial charge on any atom is 0.417 e. The van der Waals surface area contributed by atoms with Crippen LogP contribution in [0, 0.1) is 18.8 Å². The molecule has 4 aromatic rings. The zero-order valence-electron chi connectivity index (χ0n) is 21.4. The molecule has 198 valence electrons. The van der Waals surface area contributed by atoms with Crippen LogP contribution in [0.2, 0.25) is 0 Å². The molecule has 0 aliphatic rings. The average Bonchev–Trinajstić information content (AvgIpc) is 3.36. The molecule has 0 bridgehead atoms. The predicted octanol–water partition coefficient (Wildman–Crippen LogP) is 8.08. The summed E-state index contributed by atoms with van der Waals surface area (Å²) in [6.07, 6.45) is -2.60. The lowest BCUT2D eigenvalue weighted by Gasteiger charge is -2.15. The quantitative estimate of drug-likeness (QED) is 0.240. The molecule has 0 radical (unpaired) electrons. The van der Waals surface area contributed by atoms with Gasteiger partial charge in [-0.25, -0.2) is 0 Å². The number of halogens is 3. The summed E-state index contributed by atoms with van der Waals surface area (Å²) in [6.45, 7) is 5.58. The number of hydrogen-bond donors (Lipinski definition) is 1. The van der Waals surface area contributed by atoms with Gasteiger partial charge in [-0.05, 0) is 72.6 Å². The highest BCUT2D eigenvalue weighted by Gasteiger charge is 2.34. The molecule has 8 heteroatoms. The van der Waals surface area contributed by atoms with Gasteiger partial charge in [-0.2, -0.15) is 18.2 Å². The number of carboxylic acid groups (broad SMARTS) is 1. The van der Waals surface area contributed by atoms with Crippen molar-refractivity contribution in [1.82, 2.24) is 10.1 Å². The lowest BCUT2D eigenvalue weighted by Crippen LogP contribution is -2.19. The number of benzene rings is 3. The molecule has 38 heavy (non-hydrogen) atoms. The molecule has 1 aromatic heterocycles. The first-order valence-electron chi connectivity index (χ1n) is 12.5. The molecule has 5 nitrogen and oxygen atoms in total. The van der Waals surface area contributed by atoms with Crippen molar-refractivity contribution < 1.29 is 27.6 Å². The Morgan fingerprint density at radius 3 is 2.42 bits per heavy atom. The Morgan fingerprint density at radius 1 is 0.974 bits per heavy atom. The zero-order chi connectivity index (χ0) is 27.4. The third kappa shape index (κ3) is 6.13. The number of hydrogen-bond acceptors (Lipinski definition) is 4. The van der Waals surface area contributed by atoms with Gasteiger partial charge in [0.2, 0.25) is 5.82 Å². The van der Waals surface area contributed by atoms with Gasteiger partial charge in [0, 0.05) is 11.1 Å². The Hall–Kier alpha value is -3.94. The predicted molar refractivity (Wildman–Crippen MR) is 139 cm³/mol. The Labute approximate surface area is 219 Å². The molecule has 0 fully saturated rings. The summed E-state index contributed by atoms with van der Waals surface area (Å²) in [6, 6.07) is 18.5. The van der Waals surface area contributed by atoms with E-state index in [2.05, 4.69) is 10.1 Å². The highest BCUT2D eigenvalue weighted by Crippen LogP contribution is 2.40. The van der Waals surface area contributed by atoms with Crippen molar-refractivity contribution in [3.05, 3.63) is 83.4 Å². The molecule has 1 atom stereocenters. The number of alkyl halides is 3. The fourth-order valence-corrected chi connectivity index (χ4v) is 4.61. The van der Waals surface area contributed by atoms with E-state index in [9.17, 15) is 23.1 Å². The zero-order valence-corrected chi connectivity index (χ0v) is 21.4. The van der Waals surface area contributed by atoms with Crippen molar-refractivity contribution in [2.75, 3.05) is 0 Å². The Morgan fingerprint density at radius 2 is 1.74 bits per heavy atom. The molecule has 0 saturated carbocycles. The Bertz CT molecular complexity index is 1430. The molecule has 0 unspecified atom stereocenters. The lowest BCUT2D eigenvalue weighted by molar-refractivity contribution is -0.143. The van der Waals surface area contributed by atoms with Crippen LogP contribution < -0.4 is 0 Å². The van der Waals surface area contributed by atoms with E-state index in [-0.39, 0.29) is 28.8 Å². The van der Waals surface area contributed by atoms with E-state index in [1.807, 2.05) is 32.0 Å². The van der Waals surface area contributed by atoms with Crippen LogP contribution in [0.3, 0.4) is 0 Å². The van der Waals surface area contributed by atoms with E-state index in [1.54, 1.807) is 43.3 Å². The number of carbonyl (C=O) groups is 1. The van der Waals surface area contributed by atoms with Gasteiger partial charge in [-0.3, -0.25) is 4.79 Å². The second-order valence-electron chi connectivity index (χ2n) is 9.78. The molecule has 4 rings (SSSR count). The van der Waals surface area contributed by atoms with Crippen LogP contribution in [0.1, 0.15) is 43.4 Å². The van der Waals surface area contributed by atoms with Crippen LogP contribution in [0.4, 0.5) is 13.2 Å². The Kier molecular flexibility index (Phi) is 7.99. The summed E-state index contributed by atoms with van der Waals surface area (Å²) in [5.41, 5.74) is 2.41. The van der Waals surface area contributed by atoms with Gasteiger partial charge in [0.15, 0.2) is 0 Å². The average molecular weight is 523 g/mol. The molecular weight excluding hydrogens is 493 g/mol. The molecule has 1 heterocycles.